The second kappa shape index (κ2) is 6.46. The Kier molecular flexibility index (Phi) is 4.22. The molecule has 0 radical (unpaired) electrons. The highest BCUT2D eigenvalue weighted by molar-refractivity contribution is 5.88. The highest BCUT2D eigenvalue weighted by Crippen LogP contribution is 2.24. The summed E-state index contributed by atoms with van der Waals surface area (Å²) in [6, 6.07) is 11.7. The highest BCUT2D eigenvalue weighted by Gasteiger charge is 2.14. The molecule has 1 aliphatic heterocycles. The van der Waals surface area contributed by atoms with Gasteiger partial charge in [-0.15, -0.1) is 0 Å². The van der Waals surface area contributed by atoms with Crippen LogP contribution in [0.1, 0.15) is 11.3 Å². The van der Waals surface area contributed by atoms with Crippen LogP contribution in [0.4, 0.5) is 10.3 Å². The van der Waals surface area contributed by atoms with Gasteiger partial charge in [-0.05, 0) is 29.8 Å². The van der Waals surface area contributed by atoms with Crippen molar-refractivity contribution in [2.24, 2.45) is 0 Å². The maximum absolute atomic E-state index is 13.0. The van der Waals surface area contributed by atoms with E-state index in [2.05, 4.69) is 11.0 Å². The smallest absolute Gasteiger partial charge is 0.196 e. The van der Waals surface area contributed by atoms with Gasteiger partial charge in [-0.25, -0.2) is 4.39 Å². The number of furan rings is 1. The Morgan fingerprint density at radius 3 is 2.55 bits per heavy atom. The Bertz CT molecular complexity index is 707. The second-order valence-corrected chi connectivity index (χ2v) is 4.95. The molecule has 0 amide bonds. The number of ether oxygens (including phenoxy) is 1. The number of nitrogens with zero attached hydrogens (tertiary/aromatic N) is 2. The number of morpholine rings is 1. The fraction of sp³-hybridized carbons (Fsp3) is 0.235. The van der Waals surface area contributed by atoms with Crippen molar-refractivity contribution >= 4 is 17.5 Å². The van der Waals surface area contributed by atoms with E-state index in [4.69, 9.17) is 9.15 Å². The molecule has 0 bridgehead atoms. The SMILES string of the molecule is N#CC(=Cc1ccc(N2CCOCC2)o1)c1ccc(F)cc1. The van der Waals surface area contributed by atoms with Gasteiger partial charge in [0.2, 0.25) is 0 Å². The van der Waals surface area contributed by atoms with Crippen LogP contribution in [0.2, 0.25) is 0 Å². The van der Waals surface area contributed by atoms with Crippen molar-refractivity contribution in [3.8, 4) is 6.07 Å². The van der Waals surface area contributed by atoms with Gasteiger partial charge in [0.15, 0.2) is 5.88 Å². The van der Waals surface area contributed by atoms with Crippen molar-refractivity contribution in [3.63, 3.8) is 0 Å². The average Bonchev–Trinajstić information content (AvgIpc) is 3.03. The van der Waals surface area contributed by atoms with E-state index in [9.17, 15) is 9.65 Å². The molecule has 5 heteroatoms. The van der Waals surface area contributed by atoms with E-state index in [1.54, 1.807) is 18.2 Å². The average molecular weight is 298 g/mol. The summed E-state index contributed by atoms with van der Waals surface area (Å²) in [6.07, 6.45) is 1.66. The second-order valence-electron chi connectivity index (χ2n) is 4.95. The van der Waals surface area contributed by atoms with Crippen LogP contribution in [0.3, 0.4) is 0 Å². The van der Waals surface area contributed by atoms with Gasteiger partial charge >= 0.3 is 0 Å². The summed E-state index contributed by atoms with van der Waals surface area (Å²) < 4.78 is 24.0. The first kappa shape index (κ1) is 14.4. The highest BCUT2D eigenvalue weighted by atomic mass is 19.1. The summed E-state index contributed by atoms with van der Waals surface area (Å²) in [4.78, 5) is 2.10. The number of nitriles is 1. The summed E-state index contributed by atoms with van der Waals surface area (Å²) in [5, 5.41) is 9.28. The van der Waals surface area contributed by atoms with Crippen molar-refractivity contribution in [3.05, 3.63) is 53.5 Å². The molecule has 112 valence electrons. The number of halogens is 1. The Hall–Kier alpha value is -2.58. The normalized spacial score (nSPS) is 15.6. The zero-order valence-corrected chi connectivity index (χ0v) is 12.0. The third-order valence-corrected chi connectivity index (χ3v) is 3.50. The van der Waals surface area contributed by atoms with Gasteiger partial charge in [-0.1, -0.05) is 12.1 Å². The maximum Gasteiger partial charge on any atom is 0.196 e. The quantitative estimate of drug-likeness (QED) is 0.816. The molecule has 1 saturated heterocycles. The number of allylic oxidation sites excluding steroid dienone is 1. The lowest BCUT2D eigenvalue weighted by Crippen LogP contribution is -2.35. The monoisotopic (exact) mass is 298 g/mol. The fourth-order valence-electron chi connectivity index (χ4n) is 2.33. The van der Waals surface area contributed by atoms with E-state index >= 15 is 0 Å². The van der Waals surface area contributed by atoms with Crippen molar-refractivity contribution < 1.29 is 13.5 Å². The zero-order chi connectivity index (χ0) is 15.4. The van der Waals surface area contributed by atoms with Crippen LogP contribution < -0.4 is 4.90 Å². The molecule has 1 aromatic heterocycles. The van der Waals surface area contributed by atoms with E-state index in [0.717, 1.165) is 19.0 Å². The van der Waals surface area contributed by atoms with Crippen LogP contribution in [0.25, 0.3) is 11.6 Å². The van der Waals surface area contributed by atoms with Gasteiger partial charge < -0.3 is 14.1 Å². The molecule has 2 aromatic rings. The van der Waals surface area contributed by atoms with E-state index in [1.807, 2.05) is 12.1 Å². The Balaban J connectivity index is 1.82. The van der Waals surface area contributed by atoms with Crippen LogP contribution in [0.15, 0.2) is 40.8 Å². The molecule has 0 N–H and O–H groups in total. The van der Waals surface area contributed by atoms with Crippen molar-refractivity contribution in [1.82, 2.24) is 0 Å². The summed E-state index contributed by atoms with van der Waals surface area (Å²) in [7, 11) is 0. The fourth-order valence-corrected chi connectivity index (χ4v) is 2.33. The summed E-state index contributed by atoms with van der Waals surface area (Å²) in [5.74, 6) is 1.04. The van der Waals surface area contributed by atoms with E-state index in [1.165, 1.54) is 12.1 Å². The molecule has 1 fully saturated rings. The number of benzene rings is 1. The van der Waals surface area contributed by atoms with Crippen molar-refractivity contribution in [2.45, 2.75) is 0 Å². The number of hydrogen-bond donors (Lipinski definition) is 0. The van der Waals surface area contributed by atoms with E-state index in [-0.39, 0.29) is 5.82 Å². The number of anilines is 1. The summed E-state index contributed by atoms with van der Waals surface area (Å²) in [5.41, 5.74) is 1.09. The molecule has 0 aliphatic carbocycles. The predicted molar refractivity (Wildman–Crippen MR) is 81.6 cm³/mol. The number of hydrogen-bond acceptors (Lipinski definition) is 4. The molecular weight excluding hydrogens is 283 g/mol. The minimum absolute atomic E-state index is 0.325. The lowest BCUT2D eigenvalue weighted by atomic mass is 10.1. The topological polar surface area (TPSA) is 49.4 Å². The van der Waals surface area contributed by atoms with Gasteiger partial charge in [-0.3, -0.25) is 0 Å². The summed E-state index contributed by atoms with van der Waals surface area (Å²) in [6.45, 7) is 2.95. The summed E-state index contributed by atoms with van der Waals surface area (Å²) >= 11 is 0. The van der Waals surface area contributed by atoms with Crippen LogP contribution in [0, 0.1) is 17.1 Å². The molecule has 2 heterocycles. The van der Waals surface area contributed by atoms with Crippen LogP contribution in [-0.2, 0) is 4.74 Å². The van der Waals surface area contributed by atoms with Crippen molar-refractivity contribution in [1.29, 1.82) is 5.26 Å². The minimum atomic E-state index is -0.325. The zero-order valence-electron chi connectivity index (χ0n) is 12.0. The molecule has 1 aliphatic rings. The minimum Gasteiger partial charge on any atom is -0.441 e. The van der Waals surface area contributed by atoms with Crippen LogP contribution in [0.5, 0.6) is 0 Å². The third kappa shape index (κ3) is 3.18. The molecule has 0 unspecified atom stereocenters. The first-order chi connectivity index (χ1) is 10.8. The Labute approximate surface area is 128 Å². The van der Waals surface area contributed by atoms with Crippen LogP contribution in [-0.4, -0.2) is 26.3 Å². The Morgan fingerprint density at radius 1 is 1.14 bits per heavy atom. The first-order valence-corrected chi connectivity index (χ1v) is 7.06. The maximum atomic E-state index is 13.0. The third-order valence-electron chi connectivity index (χ3n) is 3.50. The molecule has 0 atom stereocenters. The van der Waals surface area contributed by atoms with Gasteiger partial charge in [0, 0.05) is 19.2 Å². The Morgan fingerprint density at radius 2 is 1.86 bits per heavy atom. The van der Waals surface area contributed by atoms with E-state index in [0.29, 0.717) is 30.1 Å². The molecular formula is C17H15FN2O2. The first-order valence-electron chi connectivity index (χ1n) is 7.06. The standard InChI is InChI=1S/C17H15FN2O2/c18-15-3-1-13(2-4-15)14(12-19)11-16-5-6-17(22-16)20-7-9-21-10-8-20/h1-6,11H,7-10H2. The molecule has 4 nitrogen and oxygen atoms in total. The van der Waals surface area contributed by atoms with Gasteiger partial charge in [-0.2, -0.15) is 5.26 Å². The van der Waals surface area contributed by atoms with E-state index < -0.39 is 0 Å². The molecule has 22 heavy (non-hydrogen) atoms. The predicted octanol–water partition coefficient (Wildman–Crippen LogP) is 3.32. The van der Waals surface area contributed by atoms with Gasteiger partial charge in [0.1, 0.15) is 11.6 Å². The molecule has 0 saturated carbocycles. The van der Waals surface area contributed by atoms with Crippen molar-refractivity contribution in [2.75, 3.05) is 31.2 Å². The van der Waals surface area contributed by atoms with Gasteiger partial charge in [0.05, 0.1) is 24.9 Å². The molecule has 3 rings (SSSR count). The number of rotatable bonds is 3. The lowest BCUT2D eigenvalue weighted by Gasteiger charge is -2.26. The van der Waals surface area contributed by atoms with Gasteiger partial charge in [0.25, 0.3) is 0 Å². The largest absolute Gasteiger partial charge is 0.441 e. The molecule has 0 spiro atoms. The lowest BCUT2D eigenvalue weighted by molar-refractivity contribution is 0.120. The van der Waals surface area contributed by atoms with Crippen LogP contribution >= 0.6 is 0 Å². The molecule has 1 aromatic carbocycles.